The molecule has 0 saturated heterocycles. The Morgan fingerprint density at radius 1 is 1.00 bits per heavy atom. The van der Waals surface area contributed by atoms with Crippen molar-refractivity contribution in [3.63, 3.8) is 0 Å². The number of fused-ring (bicyclic) bond motifs is 1. The summed E-state index contributed by atoms with van der Waals surface area (Å²) in [4.78, 5) is 2.30. The van der Waals surface area contributed by atoms with E-state index in [0.717, 1.165) is 31.6 Å². The molecule has 27 heavy (non-hydrogen) atoms. The van der Waals surface area contributed by atoms with E-state index in [0.29, 0.717) is 0 Å². The average Bonchev–Trinajstić information content (AvgIpc) is 3.01. The van der Waals surface area contributed by atoms with Gasteiger partial charge in [0.1, 0.15) is 5.82 Å². The Bertz CT molecular complexity index is 769. The van der Waals surface area contributed by atoms with Crippen LogP contribution in [0.15, 0.2) is 42.6 Å². The molecule has 4 rings (SSSR count). The first-order chi connectivity index (χ1) is 13.2. The fourth-order valence-electron chi connectivity index (χ4n) is 4.77. The normalized spacial score (nSPS) is 22.1. The Labute approximate surface area is 163 Å². The molecule has 2 aliphatic rings. The maximum Gasteiger partial charge on any atom is 0.116 e. The molecule has 0 atom stereocenters. The zero-order valence-corrected chi connectivity index (χ0v) is 16.7. The Morgan fingerprint density at radius 2 is 1.74 bits per heavy atom. The van der Waals surface area contributed by atoms with Crippen molar-refractivity contribution in [1.82, 2.24) is 4.57 Å². The second kappa shape index (κ2) is 8.35. The molecule has 1 aliphatic heterocycles. The van der Waals surface area contributed by atoms with Crippen LogP contribution in [0.1, 0.15) is 42.4 Å². The fourth-order valence-corrected chi connectivity index (χ4v) is 4.77. The molecule has 2 heterocycles. The second-order valence-corrected chi connectivity index (χ2v) is 8.38. The van der Waals surface area contributed by atoms with Crippen molar-refractivity contribution in [2.24, 2.45) is 18.9 Å². The number of ether oxygens (including phenoxy) is 1. The average molecular weight is 365 g/mol. The summed E-state index contributed by atoms with van der Waals surface area (Å²) < 4.78 is 8.39. The standard InChI is InChI=1S/C24H32N2O/c1-25-14-6-9-23-22(16-26(2)24(23)25)18-27-17-21-12-10-20(11-13-21)15-19-7-4-3-5-8-19/h3-9,16,20-21H,10-15,17-18H2,1-2H3. The molecular weight excluding hydrogens is 332 g/mol. The lowest BCUT2D eigenvalue weighted by molar-refractivity contribution is 0.0670. The topological polar surface area (TPSA) is 17.4 Å². The predicted octanol–water partition coefficient (Wildman–Crippen LogP) is 5.05. The summed E-state index contributed by atoms with van der Waals surface area (Å²) in [6.07, 6.45) is 13.3. The van der Waals surface area contributed by atoms with Crippen molar-refractivity contribution < 1.29 is 4.74 Å². The van der Waals surface area contributed by atoms with Crippen LogP contribution in [0.3, 0.4) is 0 Å². The van der Waals surface area contributed by atoms with E-state index in [1.807, 2.05) is 0 Å². The Balaban J connectivity index is 1.23. The first-order valence-corrected chi connectivity index (χ1v) is 10.4. The van der Waals surface area contributed by atoms with E-state index in [2.05, 4.69) is 72.2 Å². The lowest BCUT2D eigenvalue weighted by atomic mass is 9.79. The highest BCUT2D eigenvalue weighted by atomic mass is 16.5. The molecule has 0 radical (unpaired) electrons. The monoisotopic (exact) mass is 364 g/mol. The van der Waals surface area contributed by atoms with E-state index in [9.17, 15) is 0 Å². The summed E-state index contributed by atoms with van der Waals surface area (Å²) in [7, 11) is 4.28. The fraction of sp³-hybridized carbons (Fsp3) is 0.500. The van der Waals surface area contributed by atoms with Crippen LogP contribution < -0.4 is 4.90 Å². The van der Waals surface area contributed by atoms with E-state index in [1.54, 1.807) is 0 Å². The zero-order valence-electron chi connectivity index (χ0n) is 16.7. The molecule has 144 valence electrons. The molecule has 0 unspecified atom stereocenters. The van der Waals surface area contributed by atoms with Gasteiger partial charge in [-0.2, -0.15) is 0 Å². The summed E-state index contributed by atoms with van der Waals surface area (Å²) in [5.74, 6) is 2.89. The predicted molar refractivity (Wildman–Crippen MR) is 113 cm³/mol. The third kappa shape index (κ3) is 4.30. The Morgan fingerprint density at radius 3 is 2.52 bits per heavy atom. The summed E-state index contributed by atoms with van der Waals surface area (Å²) in [5.41, 5.74) is 4.13. The van der Waals surface area contributed by atoms with Crippen molar-refractivity contribution in [2.45, 2.75) is 38.7 Å². The van der Waals surface area contributed by atoms with E-state index in [-0.39, 0.29) is 0 Å². The molecule has 1 aromatic carbocycles. The van der Waals surface area contributed by atoms with Crippen molar-refractivity contribution >= 4 is 11.9 Å². The van der Waals surface area contributed by atoms with Gasteiger partial charge in [-0.05, 0) is 49.5 Å². The SMILES string of the molecule is CN1CC=Cc2c(COCC3CCC(Cc4ccccc4)CC3)cn(C)c21. The highest BCUT2D eigenvalue weighted by Crippen LogP contribution is 2.32. The number of hydrogen-bond acceptors (Lipinski definition) is 2. The van der Waals surface area contributed by atoms with E-state index < -0.39 is 0 Å². The van der Waals surface area contributed by atoms with Gasteiger partial charge in [-0.3, -0.25) is 0 Å². The van der Waals surface area contributed by atoms with Gasteiger partial charge in [-0.1, -0.05) is 42.5 Å². The van der Waals surface area contributed by atoms with E-state index in [4.69, 9.17) is 4.74 Å². The highest BCUT2D eigenvalue weighted by Gasteiger charge is 2.22. The summed E-state index contributed by atoms with van der Waals surface area (Å²) in [5, 5.41) is 0. The van der Waals surface area contributed by atoms with Gasteiger partial charge in [0.05, 0.1) is 6.61 Å². The van der Waals surface area contributed by atoms with Gasteiger partial charge in [0.25, 0.3) is 0 Å². The van der Waals surface area contributed by atoms with Gasteiger partial charge < -0.3 is 14.2 Å². The van der Waals surface area contributed by atoms with Crippen molar-refractivity contribution in [3.8, 4) is 0 Å². The van der Waals surface area contributed by atoms with Crippen LogP contribution in [-0.2, 0) is 24.8 Å². The first-order valence-electron chi connectivity index (χ1n) is 10.4. The van der Waals surface area contributed by atoms with Crippen LogP contribution >= 0.6 is 0 Å². The zero-order chi connectivity index (χ0) is 18.6. The lowest BCUT2D eigenvalue weighted by Crippen LogP contribution is -2.22. The molecule has 1 saturated carbocycles. The molecule has 2 aromatic rings. The van der Waals surface area contributed by atoms with Gasteiger partial charge in [-0.15, -0.1) is 0 Å². The Hall–Kier alpha value is -2.00. The first kappa shape index (κ1) is 18.4. The minimum absolute atomic E-state index is 0.727. The van der Waals surface area contributed by atoms with Crippen LogP contribution in [0.25, 0.3) is 6.08 Å². The minimum atomic E-state index is 0.727. The largest absolute Gasteiger partial charge is 0.376 e. The quantitative estimate of drug-likeness (QED) is 0.713. The minimum Gasteiger partial charge on any atom is -0.376 e. The number of hydrogen-bond donors (Lipinski definition) is 0. The van der Waals surface area contributed by atoms with Crippen LogP contribution in [0.4, 0.5) is 5.82 Å². The number of rotatable bonds is 6. The number of anilines is 1. The van der Waals surface area contributed by atoms with Crippen LogP contribution in [0.5, 0.6) is 0 Å². The van der Waals surface area contributed by atoms with Crippen molar-refractivity contribution in [3.05, 3.63) is 59.3 Å². The smallest absolute Gasteiger partial charge is 0.116 e. The number of nitrogens with zero attached hydrogens (tertiary/aromatic N) is 2. The molecule has 1 aromatic heterocycles. The van der Waals surface area contributed by atoms with Gasteiger partial charge >= 0.3 is 0 Å². The van der Waals surface area contributed by atoms with E-state index in [1.165, 1.54) is 54.6 Å². The molecule has 0 amide bonds. The van der Waals surface area contributed by atoms with Crippen LogP contribution in [-0.4, -0.2) is 24.8 Å². The second-order valence-electron chi connectivity index (χ2n) is 8.38. The van der Waals surface area contributed by atoms with Gasteiger partial charge in [0, 0.05) is 44.6 Å². The summed E-state index contributed by atoms with van der Waals surface area (Å²) in [6, 6.07) is 11.0. The van der Waals surface area contributed by atoms with Crippen LogP contribution in [0.2, 0.25) is 0 Å². The lowest BCUT2D eigenvalue weighted by Gasteiger charge is -2.28. The summed E-state index contributed by atoms with van der Waals surface area (Å²) >= 11 is 0. The van der Waals surface area contributed by atoms with Crippen molar-refractivity contribution in [2.75, 3.05) is 25.1 Å². The third-order valence-electron chi connectivity index (χ3n) is 6.24. The van der Waals surface area contributed by atoms with Crippen molar-refractivity contribution in [1.29, 1.82) is 0 Å². The maximum atomic E-state index is 6.16. The molecule has 1 fully saturated rings. The number of benzene rings is 1. The molecule has 1 aliphatic carbocycles. The molecule has 0 N–H and O–H groups in total. The molecule has 3 nitrogen and oxygen atoms in total. The molecule has 0 bridgehead atoms. The molecular formula is C24H32N2O. The van der Waals surface area contributed by atoms with Gasteiger partial charge in [0.2, 0.25) is 0 Å². The Kier molecular flexibility index (Phi) is 5.68. The third-order valence-corrected chi connectivity index (χ3v) is 6.24. The number of aromatic nitrogens is 1. The number of likely N-dealkylation sites (N-methyl/N-ethyl adjacent to an activating group) is 1. The maximum absolute atomic E-state index is 6.16. The highest BCUT2D eigenvalue weighted by molar-refractivity contribution is 5.71. The van der Waals surface area contributed by atoms with Gasteiger partial charge in [0.15, 0.2) is 0 Å². The number of aryl methyl sites for hydroxylation is 1. The van der Waals surface area contributed by atoms with E-state index >= 15 is 0 Å². The molecule has 3 heteroatoms. The van der Waals surface area contributed by atoms with Crippen LogP contribution in [0, 0.1) is 11.8 Å². The van der Waals surface area contributed by atoms with Gasteiger partial charge in [-0.25, -0.2) is 0 Å². The summed E-state index contributed by atoms with van der Waals surface area (Å²) in [6.45, 7) is 2.62. The molecule has 0 spiro atoms.